The van der Waals surface area contributed by atoms with Gasteiger partial charge in [0.25, 0.3) is 5.56 Å². The molecule has 0 aliphatic carbocycles. The van der Waals surface area contributed by atoms with E-state index in [0.29, 0.717) is 34.3 Å². The van der Waals surface area contributed by atoms with Crippen molar-refractivity contribution >= 4 is 34.8 Å². The van der Waals surface area contributed by atoms with E-state index >= 15 is 0 Å². The fraction of sp³-hybridized carbons (Fsp3) is 0.368. The molecule has 0 spiro atoms. The highest BCUT2D eigenvalue weighted by atomic mass is 16.7. The predicted octanol–water partition coefficient (Wildman–Crippen LogP) is 1.83. The van der Waals surface area contributed by atoms with Crippen LogP contribution in [0.15, 0.2) is 47.3 Å². The van der Waals surface area contributed by atoms with E-state index in [9.17, 15) is 49.5 Å². The molecule has 0 amide bonds. The van der Waals surface area contributed by atoms with Crippen molar-refractivity contribution in [2.24, 2.45) is 0 Å². The lowest BCUT2D eigenvalue weighted by atomic mass is 9.86. The van der Waals surface area contributed by atoms with Gasteiger partial charge in [0.05, 0.1) is 34.6 Å². The molecule has 2 aromatic heterocycles. The van der Waals surface area contributed by atoms with Gasteiger partial charge >= 0.3 is 18.1 Å². The summed E-state index contributed by atoms with van der Waals surface area (Å²) >= 11 is 0. The van der Waals surface area contributed by atoms with Gasteiger partial charge in [-0.25, -0.2) is 19.4 Å². The number of cyclic esters (lactones) is 1. The first-order chi connectivity index (χ1) is 26.2. The molecule has 3 aliphatic rings. The van der Waals surface area contributed by atoms with E-state index in [-0.39, 0.29) is 59.9 Å². The highest BCUT2D eigenvalue weighted by molar-refractivity contribution is 5.97. The first kappa shape index (κ1) is 37.6. The van der Waals surface area contributed by atoms with Crippen LogP contribution in [0.1, 0.15) is 65.4 Å². The zero-order valence-corrected chi connectivity index (χ0v) is 29.7. The summed E-state index contributed by atoms with van der Waals surface area (Å²) in [6, 6.07) is 10.5. The number of hydrogen-bond donors (Lipinski definition) is 5. The summed E-state index contributed by atoms with van der Waals surface area (Å²) in [6.07, 6.45) is -9.83. The summed E-state index contributed by atoms with van der Waals surface area (Å²) in [5, 5.41) is 51.5. The van der Waals surface area contributed by atoms with Gasteiger partial charge in [-0.05, 0) is 67.3 Å². The Bertz CT molecular complexity index is 2340. The number of Topliss-reactive ketones (excluding diaryl/α,β-unsaturated/α-hetero) is 1. The van der Waals surface area contributed by atoms with Gasteiger partial charge < -0.3 is 53.8 Å². The molecular formula is C38H36N2O15. The third-order valence-electron chi connectivity index (χ3n) is 10.2. The molecule has 17 nitrogen and oxygen atoms in total. The molecule has 0 radical (unpaired) electrons. The van der Waals surface area contributed by atoms with Crippen molar-refractivity contribution in [1.82, 2.24) is 9.55 Å². The third-order valence-corrected chi connectivity index (χ3v) is 10.2. The fourth-order valence-electron chi connectivity index (χ4n) is 7.20. The monoisotopic (exact) mass is 760 g/mol. The van der Waals surface area contributed by atoms with E-state index in [4.69, 9.17) is 28.7 Å². The molecule has 1 saturated heterocycles. The molecule has 5 N–H and O–H groups in total. The number of hydrogen-bond acceptors (Lipinski definition) is 15. The number of ketones is 1. The maximum Gasteiger partial charge on any atom is 0.514 e. The van der Waals surface area contributed by atoms with Crippen molar-refractivity contribution in [1.29, 1.82) is 0 Å². The van der Waals surface area contributed by atoms with Gasteiger partial charge in [0.15, 0.2) is 17.5 Å². The number of pyridine rings is 2. The first-order valence-electron chi connectivity index (χ1n) is 17.4. The van der Waals surface area contributed by atoms with Gasteiger partial charge in [0, 0.05) is 16.5 Å². The maximum atomic E-state index is 13.6. The number of aliphatic hydroxyl groups is 4. The molecular weight excluding hydrogens is 724 g/mol. The van der Waals surface area contributed by atoms with E-state index in [2.05, 4.69) is 0 Å². The number of carbonyl (C=O) groups excluding carboxylic acids is 3. The van der Waals surface area contributed by atoms with E-state index < -0.39 is 60.2 Å². The summed E-state index contributed by atoms with van der Waals surface area (Å²) in [4.78, 5) is 67.7. The van der Waals surface area contributed by atoms with E-state index in [1.165, 1.54) is 31.2 Å². The molecule has 1 fully saturated rings. The van der Waals surface area contributed by atoms with Crippen LogP contribution in [0.25, 0.3) is 22.3 Å². The predicted molar refractivity (Wildman–Crippen MR) is 186 cm³/mol. The molecule has 0 unspecified atom stereocenters. The third kappa shape index (κ3) is 6.38. The minimum atomic E-state index is -1.95. The molecule has 17 heteroatoms. The SMILES string of the molecule is CCc1c2c(nc3ccc(OC(=O)OCc4ccc(O[C@@H]5O[C@H](C(=O)O)[C@@H](O)[C@H](O)[C@H]5O)c(C(C)=O)c4)cc13)-c1cc3c(c(=O)n1C2)COC(=O)[C@]3(O)CC. The van der Waals surface area contributed by atoms with E-state index in [0.717, 1.165) is 11.1 Å². The fourth-order valence-corrected chi connectivity index (χ4v) is 7.20. The van der Waals surface area contributed by atoms with Crippen LogP contribution >= 0.6 is 0 Å². The van der Waals surface area contributed by atoms with Crippen LogP contribution in [0.5, 0.6) is 11.5 Å². The Hall–Kier alpha value is -5.72. The van der Waals surface area contributed by atoms with Crippen molar-refractivity contribution in [3.8, 4) is 22.9 Å². The van der Waals surface area contributed by atoms with E-state index in [1.54, 1.807) is 29.7 Å². The number of aliphatic carboxylic acids is 1. The molecule has 6 atom stereocenters. The lowest BCUT2D eigenvalue weighted by molar-refractivity contribution is -0.271. The van der Waals surface area contributed by atoms with Crippen LogP contribution in [0.2, 0.25) is 0 Å². The number of aliphatic hydroxyl groups excluding tert-OH is 3. The smallest absolute Gasteiger partial charge is 0.479 e. The number of benzene rings is 2. The van der Waals surface area contributed by atoms with Gasteiger partial charge in [-0.3, -0.25) is 9.59 Å². The Morgan fingerprint density at radius 2 is 1.76 bits per heavy atom. The first-order valence-corrected chi connectivity index (χ1v) is 17.4. The molecule has 0 saturated carbocycles. The van der Waals surface area contributed by atoms with Gasteiger partial charge in [-0.1, -0.05) is 19.9 Å². The standard InChI is InChI=1S/C38H36N2O15/c1-4-19-21-11-18(7-8-25(21)39-28-22(19)13-40-26(28)12-24-23(33(40)45)15-51-36(48)38(24,50)5-2)53-37(49)52-14-17-6-9-27(20(10-17)16(3)41)54-35-31(44)29(42)30(43)32(55-35)34(46)47/h6-12,29-32,35,42-44,50H,4-5,13-15H2,1-3H3,(H,46,47)/t29-,30-,31+,32-,35+,38-/m0/s1. The largest absolute Gasteiger partial charge is 0.514 e. The second kappa shape index (κ2) is 14.2. The number of carboxylic acids is 1. The van der Waals surface area contributed by atoms with Gasteiger partial charge in [-0.2, -0.15) is 0 Å². The van der Waals surface area contributed by atoms with E-state index in [1.807, 2.05) is 6.92 Å². The Morgan fingerprint density at radius 1 is 1.00 bits per heavy atom. The Balaban J connectivity index is 1.08. The Morgan fingerprint density at radius 3 is 2.45 bits per heavy atom. The van der Waals surface area contributed by atoms with Crippen molar-refractivity contribution in [3.05, 3.63) is 86.2 Å². The van der Waals surface area contributed by atoms with Crippen molar-refractivity contribution in [2.45, 2.75) is 89.7 Å². The number of aromatic nitrogens is 2. The molecule has 4 aromatic rings. The summed E-state index contributed by atoms with van der Waals surface area (Å²) in [5.74, 6) is -2.89. The topological polar surface area (TPSA) is 250 Å². The number of nitrogens with zero attached hydrogens (tertiary/aromatic N) is 2. The van der Waals surface area contributed by atoms with Crippen LogP contribution in [0.3, 0.4) is 0 Å². The second-order valence-electron chi connectivity index (χ2n) is 13.4. The van der Waals surface area contributed by atoms with Crippen LogP contribution < -0.4 is 15.0 Å². The summed E-state index contributed by atoms with van der Waals surface area (Å²) in [7, 11) is 0. The number of rotatable bonds is 9. The number of carbonyl (C=O) groups is 4. The molecule has 55 heavy (non-hydrogen) atoms. The minimum Gasteiger partial charge on any atom is -0.479 e. The quantitative estimate of drug-likeness (QED) is 0.0817. The minimum absolute atomic E-state index is 0.0191. The van der Waals surface area contributed by atoms with Gasteiger partial charge in [-0.15, -0.1) is 0 Å². The Kier molecular flexibility index (Phi) is 9.68. The van der Waals surface area contributed by atoms with Gasteiger partial charge in [0.1, 0.15) is 43.0 Å². The molecule has 0 bridgehead atoms. The summed E-state index contributed by atoms with van der Waals surface area (Å²) in [6.45, 7) is 4.41. The molecule has 3 aliphatic heterocycles. The Labute approximate surface area is 311 Å². The zero-order chi connectivity index (χ0) is 39.5. The number of aryl methyl sites for hydroxylation is 1. The number of ether oxygens (including phenoxy) is 5. The van der Waals surface area contributed by atoms with Crippen molar-refractivity contribution in [2.75, 3.05) is 0 Å². The summed E-state index contributed by atoms with van der Waals surface area (Å²) < 4.78 is 28.2. The van der Waals surface area contributed by atoms with Gasteiger partial charge in [0.2, 0.25) is 6.29 Å². The van der Waals surface area contributed by atoms with Crippen molar-refractivity contribution < 1.29 is 68.4 Å². The molecule has 5 heterocycles. The normalized spacial score (nSPS) is 24.0. The maximum absolute atomic E-state index is 13.6. The highest BCUT2D eigenvalue weighted by Gasteiger charge is 2.48. The average Bonchev–Trinajstić information content (AvgIpc) is 3.53. The van der Waals surface area contributed by atoms with Crippen LogP contribution in [0.4, 0.5) is 4.79 Å². The zero-order valence-electron chi connectivity index (χ0n) is 29.7. The lowest BCUT2D eigenvalue weighted by Crippen LogP contribution is -2.61. The number of carboxylic acid groups (broad SMARTS) is 1. The average molecular weight is 761 g/mol. The highest BCUT2D eigenvalue weighted by Crippen LogP contribution is 2.41. The lowest BCUT2D eigenvalue weighted by Gasteiger charge is -2.38. The van der Waals surface area contributed by atoms with Crippen molar-refractivity contribution in [3.63, 3.8) is 0 Å². The number of esters is 1. The van der Waals surface area contributed by atoms with Crippen LogP contribution in [-0.4, -0.2) is 89.7 Å². The second-order valence-corrected chi connectivity index (χ2v) is 13.4. The van der Waals surface area contributed by atoms with Crippen LogP contribution in [0, 0.1) is 0 Å². The molecule has 288 valence electrons. The molecule has 2 aromatic carbocycles. The summed E-state index contributed by atoms with van der Waals surface area (Å²) in [5.41, 5.74) is 1.59. The number of fused-ring (bicyclic) bond motifs is 5. The van der Waals surface area contributed by atoms with Crippen LogP contribution in [-0.2, 0) is 55.6 Å². The molecule has 7 rings (SSSR count).